The van der Waals surface area contributed by atoms with Crippen molar-refractivity contribution in [2.75, 3.05) is 0 Å². The van der Waals surface area contributed by atoms with Gasteiger partial charge in [0.25, 0.3) is 0 Å². The van der Waals surface area contributed by atoms with E-state index in [9.17, 15) is 13.7 Å². The fraction of sp³-hybridized carbons (Fsp3) is 0.278. The van der Waals surface area contributed by atoms with Crippen LogP contribution in [0.4, 0.5) is 0 Å². The summed E-state index contributed by atoms with van der Waals surface area (Å²) in [7, 11) is -3.54. The monoisotopic (exact) mass is 345 g/mol. The Hall–Kier alpha value is -1.83. The van der Waals surface area contributed by atoms with Crippen molar-refractivity contribution in [3.63, 3.8) is 0 Å². The molecule has 0 aromatic heterocycles. The Morgan fingerprint density at radius 2 is 1.70 bits per heavy atom. The minimum atomic E-state index is -3.54. The van der Waals surface area contributed by atoms with Crippen LogP contribution >= 0.6 is 11.6 Å². The Bertz CT molecular complexity index is 851. The van der Waals surface area contributed by atoms with Gasteiger partial charge < -0.3 is 0 Å². The standard InChI is InChI=1S/C18H16ClNO2S/c1-2-12-3-5-13(6-4-12)17-16(11-20)18(17)23(21,22)15-9-7-14(19)8-10-15/h3-10,16-18H,2H2,1H3/t16-,17-,18+/m1/s1. The number of nitrogens with zero attached hydrogens (tertiary/aromatic N) is 1. The summed E-state index contributed by atoms with van der Waals surface area (Å²) < 4.78 is 25.6. The Kier molecular flexibility index (Phi) is 4.18. The molecule has 0 radical (unpaired) electrons. The molecule has 2 aromatic rings. The maximum absolute atomic E-state index is 12.8. The number of benzene rings is 2. The van der Waals surface area contributed by atoms with Crippen molar-refractivity contribution >= 4 is 21.4 Å². The Morgan fingerprint density at radius 1 is 1.09 bits per heavy atom. The summed E-state index contributed by atoms with van der Waals surface area (Å²) in [6, 6.07) is 16.1. The summed E-state index contributed by atoms with van der Waals surface area (Å²) in [6.45, 7) is 2.07. The van der Waals surface area contributed by atoms with Gasteiger partial charge in [-0.05, 0) is 41.8 Å². The average molecular weight is 346 g/mol. The minimum Gasteiger partial charge on any atom is -0.223 e. The summed E-state index contributed by atoms with van der Waals surface area (Å²) in [6.07, 6.45) is 0.930. The predicted octanol–water partition coefficient (Wildman–Crippen LogP) is 3.98. The SMILES string of the molecule is CCc1ccc([C@@H]2[C@@H](C#N)[C@@H]2S(=O)(=O)c2ccc(Cl)cc2)cc1. The van der Waals surface area contributed by atoms with E-state index in [0.717, 1.165) is 12.0 Å². The molecule has 0 amide bonds. The smallest absolute Gasteiger partial charge is 0.183 e. The lowest BCUT2D eigenvalue weighted by Crippen LogP contribution is -2.10. The minimum absolute atomic E-state index is 0.222. The first-order chi connectivity index (χ1) is 11.0. The van der Waals surface area contributed by atoms with Gasteiger partial charge in [0.15, 0.2) is 9.84 Å². The van der Waals surface area contributed by atoms with Gasteiger partial charge in [-0.25, -0.2) is 8.42 Å². The number of hydrogen-bond donors (Lipinski definition) is 0. The third-order valence-electron chi connectivity index (χ3n) is 4.38. The maximum atomic E-state index is 12.8. The summed E-state index contributed by atoms with van der Waals surface area (Å²) in [5.41, 5.74) is 2.11. The van der Waals surface area contributed by atoms with Crippen LogP contribution in [0.3, 0.4) is 0 Å². The van der Waals surface area contributed by atoms with Gasteiger partial charge in [0, 0.05) is 10.9 Å². The van der Waals surface area contributed by atoms with E-state index in [1.165, 1.54) is 17.7 Å². The molecular weight excluding hydrogens is 330 g/mol. The fourth-order valence-electron chi connectivity index (χ4n) is 2.98. The Labute approximate surface area is 141 Å². The van der Waals surface area contributed by atoms with Crippen LogP contribution < -0.4 is 0 Å². The van der Waals surface area contributed by atoms with Crippen LogP contribution in [0.2, 0.25) is 5.02 Å². The first kappa shape index (κ1) is 16.0. The highest BCUT2D eigenvalue weighted by molar-refractivity contribution is 7.92. The molecule has 1 aliphatic rings. The third kappa shape index (κ3) is 2.87. The number of aryl methyl sites for hydroxylation is 1. The van der Waals surface area contributed by atoms with E-state index < -0.39 is 21.0 Å². The second-order valence-corrected chi connectivity index (χ2v) is 8.28. The van der Waals surface area contributed by atoms with Gasteiger partial charge in [-0.2, -0.15) is 5.26 Å². The van der Waals surface area contributed by atoms with Gasteiger partial charge in [0.2, 0.25) is 0 Å². The van der Waals surface area contributed by atoms with Gasteiger partial charge in [0.1, 0.15) is 0 Å². The number of halogens is 1. The van der Waals surface area contributed by atoms with Crippen molar-refractivity contribution in [2.24, 2.45) is 5.92 Å². The average Bonchev–Trinajstić information content (AvgIpc) is 3.31. The molecule has 3 rings (SSSR count). The summed E-state index contributed by atoms with van der Waals surface area (Å²) in [4.78, 5) is 0.222. The van der Waals surface area contributed by atoms with Crippen molar-refractivity contribution in [1.82, 2.24) is 0 Å². The largest absolute Gasteiger partial charge is 0.223 e. The molecule has 0 saturated heterocycles. The highest BCUT2D eigenvalue weighted by Gasteiger charge is 2.59. The summed E-state index contributed by atoms with van der Waals surface area (Å²) >= 11 is 5.82. The molecule has 0 heterocycles. The first-order valence-corrected chi connectivity index (χ1v) is 9.39. The highest BCUT2D eigenvalue weighted by atomic mass is 35.5. The Morgan fingerprint density at radius 3 is 2.22 bits per heavy atom. The molecule has 0 unspecified atom stereocenters. The maximum Gasteiger partial charge on any atom is 0.183 e. The van der Waals surface area contributed by atoms with Crippen molar-refractivity contribution < 1.29 is 8.42 Å². The number of sulfone groups is 1. The number of nitriles is 1. The van der Waals surface area contributed by atoms with E-state index >= 15 is 0 Å². The van der Waals surface area contributed by atoms with Crippen molar-refractivity contribution in [2.45, 2.75) is 29.4 Å². The summed E-state index contributed by atoms with van der Waals surface area (Å²) in [5, 5.41) is 9.14. The first-order valence-electron chi connectivity index (χ1n) is 7.47. The van der Waals surface area contributed by atoms with E-state index in [1.807, 2.05) is 24.3 Å². The molecule has 2 aromatic carbocycles. The molecule has 118 valence electrons. The zero-order valence-electron chi connectivity index (χ0n) is 12.6. The normalized spacial score (nSPS) is 23.3. The van der Waals surface area contributed by atoms with Gasteiger partial charge in [-0.15, -0.1) is 0 Å². The van der Waals surface area contributed by atoms with Crippen LogP contribution in [0.25, 0.3) is 0 Å². The zero-order valence-corrected chi connectivity index (χ0v) is 14.2. The molecule has 0 bridgehead atoms. The Balaban J connectivity index is 1.92. The van der Waals surface area contributed by atoms with Gasteiger partial charge in [-0.1, -0.05) is 42.8 Å². The molecule has 3 nitrogen and oxygen atoms in total. The fourth-order valence-corrected chi connectivity index (χ4v) is 5.17. The second-order valence-electron chi connectivity index (χ2n) is 5.74. The summed E-state index contributed by atoms with van der Waals surface area (Å²) in [5.74, 6) is -0.755. The molecular formula is C18H16ClNO2S. The van der Waals surface area contributed by atoms with E-state index in [1.54, 1.807) is 12.1 Å². The van der Waals surface area contributed by atoms with E-state index in [4.69, 9.17) is 11.6 Å². The molecule has 0 aliphatic heterocycles. The topological polar surface area (TPSA) is 57.9 Å². The molecule has 1 fully saturated rings. The lowest BCUT2D eigenvalue weighted by atomic mass is 10.1. The molecule has 5 heteroatoms. The van der Waals surface area contributed by atoms with Crippen LogP contribution in [0.5, 0.6) is 0 Å². The van der Waals surface area contributed by atoms with Crippen molar-refractivity contribution in [1.29, 1.82) is 5.26 Å². The quantitative estimate of drug-likeness (QED) is 0.842. The molecule has 23 heavy (non-hydrogen) atoms. The van der Waals surface area contributed by atoms with Crippen molar-refractivity contribution in [3.05, 3.63) is 64.7 Å². The number of rotatable bonds is 4. The van der Waals surface area contributed by atoms with Crippen LogP contribution in [-0.2, 0) is 16.3 Å². The lowest BCUT2D eigenvalue weighted by molar-refractivity contribution is 0.593. The van der Waals surface area contributed by atoms with E-state index in [2.05, 4.69) is 13.0 Å². The predicted molar refractivity (Wildman–Crippen MR) is 90.1 cm³/mol. The third-order valence-corrected chi connectivity index (χ3v) is 6.86. The molecule has 0 spiro atoms. The van der Waals surface area contributed by atoms with E-state index in [-0.39, 0.29) is 10.8 Å². The molecule has 1 saturated carbocycles. The highest BCUT2D eigenvalue weighted by Crippen LogP contribution is 2.53. The zero-order chi connectivity index (χ0) is 16.6. The number of hydrogen-bond acceptors (Lipinski definition) is 3. The molecule has 1 aliphatic carbocycles. The van der Waals surface area contributed by atoms with Crippen LogP contribution in [0.15, 0.2) is 53.4 Å². The van der Waals surface area contributed by atoms with Crippen LogP contribution in [0, 0.1) is 17.2 Å². The van der Waals surface area contributed by atoms with Gasteiger partial charge >= 0.3 is 0 Å². The van der Waals surface area contributed by atoms with Gasteiger partial charge in [-0.3, -0.25) is 0 Å². The van der Waals surface area contributed by atoms with Crippen LogP contribution in [0.1, 0.15) is 24.0 Å². The van der Waals surface area contributed by atoms with E-state index in [0.29, 0.717) is 5.02 Å². The second kappa shape index (κ2) is 5.99. The van der Waals surface area contributed by atoms with Gasteiger partial charge in [0.05, 0.1) is 22.1 Å². The van der Waals surface area contributed by atoms with Crippen molar-refractivity contribution in [3.8, 4) is 6.07 Å². The molecule has 3 atom stereocenters. The molecule has 0 N–H and O–H groups in total. The lowest BCUT2D eigenvalue weighted by Gasteiger charge is -2.05. The van der Waals surface area contributed by atoms with Crippen LogP contribution in [-0.4, -0.2) is 13.7 Å².